The topological polar surface area (TPSA) is 112 Å². The van der Waals surface area contributed by atoms with Crippen molar-refractivity contribution in [1.82, 2.24) is 24.7 Å². The minimum atomic E-state index is -0.344. The number of carbonyl (C=O) groups is 2. The lowest BCUT2D eigenvalue weighted by molar-refractivity contribution is -0.139. The Hall–Kier alpha value is -3.05. The van der Waals surface area contributed by atoms with E-state index in [2.05, 4.69) is 30.2 Å². The maximum atomic E-state index is 12.3. The largest absolute Gasteiger partial charge is 0.469 e. The molecule has 1 amide bonds. The maximum absolute atomic E-state index is 12.3. The Bertz CT molecular complexity index is 1270. The maximum Gasteiger partial charge on any atom is 0.310 e. The summed E-state index contributed by atoms with van der Waals surface area (Å²) >= 11 is 2.46. The van der Waals surface area contributed by atoms with Crippen LogP contribution in [0.15, 0.2) is 29.4 Å². The fourth-order valence-electron chi connectivity index (χ4n) is 2.99. The van der Waals surface area contributed by atoms with Crippen molar-refractivity contribution in [3.63, 3.8) is 0 Å². The number of carbonyl (C=O) groups excluding carboxylic acids is 2. The second-order valence-corrected chi connectivity index (χ2v) is 8.49. The zero-order valence-electron chi connectivity index (χ0n) is 16.5. The third-order valence-electron chi connectivity index (χ3n) is 4.49. The molecular weight excluding hydrogens is 424 g/mol. The SMILES string of the molecule is COC(=O)Cc1sc(NC(=O)CSc2nnc3c4ccccc4n(C)c3n2)nc1C. The number of hydrogen-bond donors (Lipinski definition) is 1. The number of anilines is 1. The van der Waals surface area contributed by atoms with E-state index in [0.717, 1.165) is 26.9 Å². The first-order valence-electron chi connectivity index (χ1n) is 9.00. The number of methoxy groups -OCH3 is 1. The minimum Gasteiger partial charge on any atom is -0.469 e. The second kappa shape index (κ2) is 8.36. The van der Waals surface area contributed by atoms with Gasteiger partial charge in [-0.05, 0) is 13.0 Å². The lowest BCUT2D eigenvalue weighted by atomic mass is 10.2. The number of benzene rings is 1. The van der Waals surface area contributed by atoms with Crippen molar-refractivity contribution in [3.8, 4) is 0 Å². The van der Waals surface area contributed by atoms with Crippen LogP contribution in [0.1, 0.15) is 10.6 Å². The Balaban J connectivity index is 1.43. The molecule has 0 spiro atoms. The van der Waals surface area contributed by atoms with Crippen LogP contribution in [0.2, 0.25) is 0 Å². The highest BCUT2D eigenvalue weighted by Gasteiger charge is 2.16. The molecule has 4 aromatic rings. The number of rotatable bonds is 6. The highest BCUT2D eigenvalue weighted by atomic mass is 32.2. The summed E-state index contributed by atoms with van der Waals surface area (Å²) in [7, 11) is 3.27. The number of hydrogen-bond acceptors (Lipinski definition) is 9. The number of para-hydroxylation sites is 1. The molecule has 1 N–H and O–H groups in total. The van der Waals surface area contributed by atoms with E-state index in [1.165, 1.54) is 30.2 Å². The van der Waals surface area contributed by atoms with Crippen LogP contribution in [0.3, 0.4) is 0 Å². The lowest BCUT2D eigenvalue weighted by Gasteiger charge is -2.01. The summed E-state index contributed by atoms with van der Waals surface area (Å²) in [4.78, 5) is 33.4. The molecule has 3 aromatic heterocycles. The number of nitrogens with one attached hydrogen (secondary N) is 1. The first-order chi connectivity index (χ1) is 14.5. The number of fused-ring (bicyclic) bond motifs is 3. The highest BCUT2D eigenvalue weighted by Crippen LogP contribution is 2.26. The Morgan fingerprint density at radius 3 is 2.83 bits per heavy atom. The predicted molar refractivity (Wildman–Crippen MR) is 116 cm³/mol. The zero-order valence-corrected chi connectivity index (χ0v) is 18.1. The molecule has 154 valence electrons. The molecule has 0 saturated heterocycles. The molecule has 1 aromatic carbocycles. The first-order valence-corrected chi connectivity index (χ1v) is 10.8. The van der Waals surface area contributed by atoms with Gasteiger partial charge in [0.15, 0.2) is 10.8 Å². The van der Waals surface area contributed by atoms with Crippen molar-refractivity contribution in [3.05, 3.63) is 34.8 Å². The molecule has 0 saturated carbocycles. The predicted octanol–water partition coefficient (Wildman–Crippen LogP) is 2.73. The van der Waals surface area contributed by atoms with Gasteiger partial charge in [0.25, 0.3) is 0 Å². The van der Waals surface area contributed by atoms with Gasteiger partial charge >= 0.3 is 5.97 Å². The number of amides is 1. The van der Waals surface area contributed by atoms with Gasteiger partial charge in [-0.2, -0.15) is 0 Å². The summed E-state index contributed by atoms with van der Waals surface area (Å²) < 4.78 is 6.64. The number of aromatic nitrogens is 5. The van der Waals surface area contributed by atoms with Crippen molar-refractivity contribution < 1.29 is 14.3 Å². The summed E-state index contributed by atoms with van der Waals surface area (Å²) in [5.41, 5.74) is 3.17. The first kappa shape index (κ1) is 20.2. The van der Waals surface area contributed by atoms with Crippen LogP contribution in [0.4, 0.5) is 5.13 Å². The molecule has 0 aliphatic rings. The van der Waals surface area contributed by atoms with E-state index in [0.29, 0.717) is 16.0 Å². The molecule has 0 aliphatic carbocycles. The summed E-state index contributed by atoms with van der Waals surface area (Å²) in [6.07, 6.45) is 0.134. The standard InChI is InChI=1S/C19H18N6O3S2/c1-10-13(8-15(27)28-3)30-18(20-10)21-14(26)9-29-19-22-17-16(23-24-19)11-6-4-5-7-12(11)25(17)2/h4-7H,8-9H2,1-3H3,(H,20,21,26). The highest BCUT2D eigenvalue weighted by molar-refractivity contribution is 7.99. The normalized spacial score (nSPS) is 11.2. The second-order valence-electron chi connectivity index (χ2n) is 6.46. The fourth-order valence-corrected chi connectivity index (χ4v) is 4.53. The van der Waals surface area contributed by atoms with E-state index < -0.39 is 0 Å². The summed E-state index contributed by atoms with van der Waals surface area (Å²) in [5.74, 6) is -0.468. The molecule has 0 radical (unpaired) electrons. The molecule has 9 nitrogen and oxygen atoms in total. The number of ether oxygens (including phenoxy) is 1. The van der Waals surface area contributed by atoms with Crippen molar-refractivity contribution in [2.24, 2.45) is 7.05 Å². The third-order valence-corrected chi connectivity index (χ3v) is 6.40. The number of nitrogens with zero attached hydrogens (tertiary/aromatic N) is 5. The van der Waals surface area contributed by atoms with Crippen molar-refractivity contribution >= 4 is 62.2 Å². The van der Waals surface area contributed by atoms with Crippen LogP contribution >= 0.6 is 23.1 Å². The number of thiazole rings is 1. The van der Waals surface area contributed by atoms with E-state index in [-0.39, 0.29) is 24.1 Å². The molecule has 30 heavy (non-hydrogen) atoms. The van der Waals surface area contributed by atoms with E-state index >= 15 is 0 Å². The van der Waals surface area contributed by atoms with Crippen LogP contribution in [-0.2, 0) is 27.8 Å². The number of esters is 1. The Morgan fingerprint density at radius 1 is 1.23 bits per heavy atom. The third kappa shape index (κ3) is 3.98. The van der Waals surface area contributed by atoms with Crippen molar-refractivity contribution in [2.75, 3.05) is 18.2 Å². The summed E-state index contributed by atoms with van der Waals surface area (Å²) in [6, 6.07) is 7.90. The quantitative estimate of drug-likeness (QED) is 0.358. The van der Waals surface area contributed by atoms with Gasteiger partial charge in [-0.3, -0.25) is 9.59 Å². The monoisotopic (exact) mass is 442 g/mol. The number of thioether (sulfide) groups is 1. The van der Waals surface area contributed by atoms with Crippen molar-refractivity contribution in [2.45, 2.75) is 18.5 Å². The van der Waals surface area contributed by atoms with Gasteiger partial charge in [-0.1, -0.05) is 30.0 Å². The van der Waals surface area contributed by atoms with E-state index in [9.17, 15) is 9.59 Å². The molecule has 3 heterocycles. The van der Waals surface area contributed by atoms with Crippen molar-refractivity contribution in [1.29, 1.82) is 0 Å². The van der Waals surface area contributed by atoms with Crippen LogP contribution in [-0.4, -0.2) is 49.5 Å². The molecule has 0 unspecified atom stereocenters. The summed E-state index contributed by atoms with van der Waals surface area (Å²) in [5, 5.41) is 13.1. The van der Waals surface area contributed by atoms with E-state index in [1.807, 2.05) is 35.9 Å². The Labute approximate surface area is 179 Å². The molecule has 0 aliphatic heterocycles. The van der Waals surface area contributed by atoms with Gasteiger partial charge in [0.2, 0.25) is 11.1 Å². The van der Waals surface area contributed by atoms with E-state index in [1.54, 1.807) is 6.92 Å². The number of aryl methyl sites for hydroxylation is 2. The van der Waals surface area contributed by atoms with Crippen LogP contribution < -0.4 is 5.32 Å². The van der Waals surface area contributed by atoms with Gasteiger partial charge < -0.3 is 14.6 Å². The minimum absolute atomic E-state index is 0.113. The zero-order chi connectivity index (χ0) is 21.3. The average Bonchev–Trinajstić information content (AvgIpc) is 3.23. The van der Waals surface area contributed by atoms with Crippen LogP contribution in [0.5, 0.6) is 0 Å². The molecule has 11 heteroatoms. The fraction of sp³-hybridized carbons (Fsp3) is 0.263. The molecule has 0 bridgehead atoms. The van der Waals surface area contributed by atoms with Crippen LogP contribution in [0, 0.1) is 6.92 Å². The average molecular weight is 443 g/mol. The van der Waals surface area contributed by atoms with Gasteiger partial charge in [0.05, 0.1) is 30.5 Å². The van der Waals surface area contributed by atoms with Gasteiger partial charge in [0, 0.05) is 17.3 Å². The smallest absolute Gasteiger partial charge is 0.310 e. The molecular formula is C19H18N6O3S2. The Kier molecular flexibility index (Phi) is 5.64. The molecule has 0 fully saturated rings. The molecule has 0 atom stereocenters. The lowest BCUT2D eigenvalue weighted by Crippen LogP contribution is -2.14. The van der Waals surface area contributed by atoms with Crippen LogP contribution in [0.25, 0.3) is 22.1 Å². The summed E-state index contributed by atoms with van der Waals surface area (Å²) in [6.45, 7) is 1.79. The van der Waals surface area contributed by atoms with Gasteiger partial charge in [0.1, 0.15) is 5.52 Å². The van der Waals surface area contributed by atoms with Gasteiger partial charge in [-0.15, -0.1) is 21.5 Å². The Morgan fingerprint density at radius 2 is 2.03 bits per heavy atom. The molecule has 4 rings (SSSR count). The van der Waals surface area contributed by atoms with E-state index in [4.69, 9.17) is 0 Å². The van der Waals surface area contributed by atoms with Gasteiger partial charge in [-0.25, -0.2) is 9.97 Å².